The number of halogens is 1. The summed E-state index contributed by atoms with van der Waals surface area (Å²) in [5, 5.41) is 0. The summed E-state index contributed by atoms with van der Waals surface area (Å²) in [6.45, 7) is 6.47. The maximum absolute atomic E-state index is 11.5. The lowest BCUT2D eigenvalue weighted by Gasteiger charge is -2.11. The molecule has 0 unspecified atom stereocenters. The van der Waals surface area contributed by atoms with E-state index in [1.807, 2.05) is 37.3 Å². The third kappa shape index (κ3) is 6.71. The number of esters is 1. The molecule has 6 heteroatoms. The van der Waals surface area contributed by atoms with Crippen LogP contribution in [0.1, 0.15) is 27.8 Å². The van der Waals surface area contributed by atoms with Gasteiger partial charge in [0.2, 0.25) is 0 Å². The molecule has 3 rings (SSSR count). The van der Waals surface area contributed by atoms with E-state index >= 15 is 0 Å². The number of carbonyl (C=O) groups excluding carboxylic acids is 1. The van der Waals surface area contributed by atoms with Gasteiger partial charge in [0.25, 0.3) is 0 Å². The highest BCUT2D eigenvalue weighted by Gasteiger charge is 2.09. The predicted octanol–water partition coefficient (Wildman–Crippen LogP) is 6.58. The monoisotopic (exact) mass is 500 g/mol. The van der Waals surface area contributed by atoms with E-state index in [2.05, 4.69) is 53.2 Å². The summed E-state index contributed by atoms with van der Waals surface area (Å²) < 4.78 is 17.5. The topological polar surface area (TPSA) is 44.8 Å². The quantitative estimate of drug-likeness (QED) is 0.311. The number of aryl methyl sites for hydroxylation is 2. The molecular formula is C25H25BrO4S. The van der Waals surface area contributed by atoms with Crippen LogP contribution in [0.3, 0.4) is 0 Å². The van der Waals surface area contributed by atoms with Gasteiger partial charge in [-0.3, -0.25) is 0 Å². The summed E-state index contributed by atoms with van der Waals surface area (Å²) in [5.74, 6) is 1.01. The van der Waals surface area contributed by atoms with Crippen molar-refractivity contribution in [3.05, 3.63) is 86.0 Å². The van der Waals surface area contributed by atoms with E-state index in [4.69, 9.17) is 14.2 Å². The summed E-state index contributed by atoms with van der Waals surface area (Å²) in [4.78, 5) is 14.0. The highest BCUT2D eigenvalue weighted by atomic mass is 79.9. The summed E-state index contributed by atoms with van der Waals surface area (Å²) in [7, 11) is 0. The zero-order chi connectivity index (χ0) is 22.2. The van der Waals surface area contributed by atoms with Crippen molar-refractivity contribution in [3.8, 4) is 11.5 Å². The number of ether oxygens (including phenoxy) is 3. The molecule has 0 aliphatic carbocycles. The van der Waals surface area contributed by atoms with Crippen LogP contribution in [0.25, 0.3) is 5.57 Å². The van der Waals surface area contributed by atoms with E-state index in [0.717, 1.165) is 26.9 Å². The van der Waals surface area contributed by atoms with Crippen LogP contribution in [0.15, 0.2) is 65.1 Å². The molecule has 1 heterocycles. The molecule has 1 aromatic heterocycles. The van der Waals surface area contributed by atoms with Gasteiger partial charge in [0, 0.05) is 14.2 Å². The maximum Gasteiger partial charge on any atom is 0.344 e. The molecule has 0 aliphatic heterocycles. The minimum Gasteiger partial charge on any atom is -0.489 e. The van der Waals surface area contributed by atoms with Crippen molar-refractivity contribution in [2.45, 2.75) is 20.8 Å². The largest absolute Gasteiger partial charge is 0.489 e. The second-order valence-corrected chi connectivity index (χ2v) is 9.07. The molecule has 2 aromatic carbocycles. The average molecular weight is 501 g/mol. The van der Waals surface area contributed by atoms with Crippen LogP contribution in [0, 0.1) is 13.8 Å². The summed E-state index contributed by atoms with van der Waals surface area (Å²) in [6, 6.07) is 18.1. The van der Waals surface area contributed by atoms with Gasteiger partial charge >= 0.3 is 5.97 Å². The Morgan fingerprint density at radius 2 is 1.81 bits per heavy atom. The van der Waals surface area contributed by atoms with E-state index < -0.39 is 0 Å². The Hall–Kier alpha value is -2.57. The molecule has 0 amide bonds. The minimum atomic E-state index is -0.378. The molecule has 0 fully saturated rings. The molecule has 0 aliphatic rings. The third-order valence-corrected chi connectivity index (χ3v) is 6.06. The average Bonchev–Trinajstić information content (AvgIpc) is 3.17. The fourth-order valence-electron chi connectivity index (χ4n) is 3.00. The van der Waals surface area contributed by atoms with Crippen LogP contribution in [0.5, 0.6) is 11.5 Å². The molecule has 3 aromatic rings. The molecule has 4 nitrogen and oxygen atoms in total. The first-order chi connectivity index (χ1) is 15.0. The highest BCUT2D eigenvalue weighted by molar-refractivity contribution is 9.10. The van der Waals surface area contributed by atoms with Crippen LogP contribution in [0.4, 0.5) is 0 Å². The second-order valence-electron chi connectivity index (χ2n) is 6.87. The summed E-state index contributed by atoms with van der Waals surface area (Å²) >= 11 is 5.27. The number of benzene rings is 2. The molecule has 31 heavy (non-hydrogen) atoms. The van der Waals surface area contributed by atoms with Crippen molar-refractivity contribution in [2.24, 2.45) is 0 Å². The van der Waals surface area contributed by atoms with Crippen LogP contribution < -0.4 is 9.47 Å². The fourth-order valence-corrected chi connectivity index (χ4v) is 4.20. The minimum absolute atomic E-state index is 0.103. The Labute approximate surface area is 195 Å². The number of hydrogen-bond acceptors (Lipinski definition) is 5. The van der Waals surface area contributed by atoms with Gasteiger partial charge in [-0.05, 0) is 86.0 Å². The smallest absolute Gasteiger partial charge is 0.344 e. The summed E-state index contributed by atoms with van der Waals surface area (Å²) in [6.07, 6.45) is 2.11. The van der Waals surface area contributed by atoms with E-state index in [1.165, 1.54) is 9.75 Å². The van der Waals surface area contributed by atoms with Crippen molar-refractivity contribution in [2.75, 3.05) is 19.8 Å². The maximum atomic E-state index is 11.5. The van der Waals surface area contributed by atoms with Crippen LogP contribution in [-0.4, -0.2) is 25.8 Å². The van der Waals surface area contributed by atoms with Gasteiger partial charge in [0.1, 0.15) is 18.1 Å². The Bertz CT molecular complexity index is 1050. The van der Waals surface area contributed by atoms with Crippen LogP contribution in [0.2, 0.25) is 0 Å². The molecule has 0 bridgehead atoms. The molecule has 0 saturated heterocycles. The highest BCUT2D eigenvalue weighted by Crippen LogP contribution is 2.30. The van der Waals surface area contributed by atoms with Crippen molar-refractivity contribution in [1.82, 2.24) is 0 Å². The predicted molar refractivity (Wildman–Crippen MR) is 129 cm³/mol. The van der Waals surface area contributed by atoms with E-state index in [0.29, 0.717) is 19.0 Å². The zero-order valence-electron chi connectivity index (χ0n) is 17.8. The zero-order valence-corrected chi connectivity index (χ0v) is 20.2. The molecule has 0 radical (unpaired) electrons. The molecular weight excluding hydrogens is 476 g/mol. The van der Waals surface area contributed by atoms with Crippen LogP contribution in [-0.2, 0) is 9.53 Å². The molecule has 162 valence electrons. The Kier molecular flexibility index (Phi) is 8.32. The van der Waals surface area contributed by atoms with E-state index in [1.54, 1.807) is 18.3 Å². The first kappa shape index (κ1) is 23.1. The Morgan fingerprint density at radius 3 is 2.45 bits per heavy atom. The molecule has 0 N–H and O–H groups in total. The number of carbonyl (C=O) groups is 1. The van der Waals surface area contributed by atoms with E-state index in [-0.39, 0.29) is 12.6 Å². The van der Waals surface area contributed by atoms with Crippen molar-refractivity contribution < 1.29 is 19.0 Å². The molecule has 0 saturated carbocycles. The molecule has 0 atom stereocenters. The first-order valence-corrected chi connectivity index (χ1v) is 11.6. The standard InChI is InChI=1S/C25H25BrO4S/c1-4-28-25(27)16-30-23-11-10-21(15-17(23)2)29-14-13-22(24-12-5-18(3)31-24)19-6-8-20(26)9-7-19/h5-13,15H,4,14,16H2,1-3H3/b22-13-. The van der Waals surface area contributed by atoms with Gasteiger partial charge < -0.3 is 14.2 Å². The van der Waals surface area contributed by atoms with Crippen molar-refractivity contribution in [3.63, 3.8) is 0 Å². The first-order valence-electron chi connectivity index (χ1n) is 10.0. The lowest BCUT2D eigenvalue weighted by molar-refractivity contribution is -0.145. The van der Waals surface area contributed by atoms with Gasteiger partial charge in [0.05, 0.1) is 6.61 Å². The lowest BCUT2D eigenvalue weighted by Crippen LogP contribution is -2.14. The van der Waals surface area contributed by atoms with Gasteiger partial charge in [-0.2, -0.15) is 0 Å². The van der Waals surface area contributed by atoms with Gasteiger partial charge in [-0.25, -0.2) is 4.79 Å². The Balaban J connectivity index is 1.69. The van der Waals surface area contributed by atoms with Gasteiger partial charge in [0.15, 0.2) is 6.61 Å². The SMILES string of the molecule is CCOC(=O)COc1ccc(OC/C=C(/c2ccc(Br)cc2)c2ccc(C)s2)cc1C. The van der Waals surface area contributed by atoms with E-state index in [9.17, 15) is 4.79 Å². The lowest BCUT2D eigenvalue weighted by atomic mass is 10.0. The number of rotatable bonds is 9. The van der Waals surface area contributed by atoms with Gasteiger partial charge in [-0.1, -0.05) is 28.1 Å². The fraction of sp³-hybridized carbons (Fsp3) is 0.240. The third-order valence-electron chi connectivity index (χ3n) is 4.50. The summed E-state index contributed by atoms with van der Waals surface area (Å²) in [5.41, 5.74) is 3.19. The Morgan fingerprint density at radius 1 is 1.03 bits per heavy atom. The number of thiophene rings is 1. The van der Waals surface area contributed by atoms with Crippen molar-refractivity contribution in [1.29, 1.82) is 0 Å². The second kappa shape index (κ2) is 11.2. The van der Waals surface area contributed by atoms with Gasteiger partial charge in [-0.15, -0.1) is 11.3 Å². The van der Waals surface area contributed by atoms with Crippen molar-refractivity contribution >= 4 is 38.8 Å². The number of hydrogen-bond donors (Lipinski definition) is 0. The molecule has 0 spiro atoms. The van der Waals surface area contributed by atoms with Crippen LogP contribution >= 0.6 is 27.3 Å². The normalized spacial score (nSPS) is 11.3.